The Kier molecular flexibility index (Phi) is 5.73. The number of hydrogen-bond acceptors (Lipinski definition) is 5. The SMILES string of the molecule is COc1ccc(S(=O)(=O)NCc2ccc(C(O)c3ccccc3)s2)cc1. The first-order valence-electron chi connectivity index (χ1n) is 7.95. The van der Waals surface area contributed by atoms with Gasteiger partial charge in [-0.1, -0.05) is 30.3 Å². The van der Waals surface area contributed by atoms with Gasteiger partial charge in [-0.3, -0.25) is 0 Å². The number of aliphatic hydroxyl groups excluding tert-OH is 1. The number of benzene rings is 2. The van der Waals surface area contributed by atoms with Crippen LogP contribution in [-0.4, -0.2) is 20.6 Å². The number of thiophene rings is 1. The molecule has 0 amide bonds. The normalized spacial score (nSPS) is 12.7. The molecule has 0 bridgehead atoms. The fourth-order valence-corrected chi connectivity index (χ4v) is 4.51. The molecule has 1 unspecified atom stereocenters. The summed E-state index contributed by atoms with van der Waals surface area (Å²) in [6, 6.07) is 19.2. The van der Waals surface area contributed by atoms with Crippen LogP contribution in [0.3, 0.4) is 0 Å². The molecule has 0 aliphatic heterocycles. The van der Waals surface area contributed by atoms with Crippen molar-refractivity contribution in [2.45, 2.75) is 17.5 Å². The highest BCUT2D eigenvalue weighted by Gasteiger charge is 2.16. The molecule has 0 aliphatic carbocycles. The Labute approximate surface area is 156 Å². The maximum Gasteiger partial charge on any atom is 0.240 e. The molecule has 1 aromatic heterocycles. The Morgan fingerprint density at radius 2 is 1.73 bits per heavy atom. The highest BCUT2D eigenvalue weighted by Crippen LogP contribution is 2.28. The molecule has 2 aromatic carbocycles. The zero-order valence-corrected chi connectivity index (χ0v) is 15.8. The predicted octanol–water partition coefficient (Wildman–Crippen LogP) is 3.32. The summed E-state index contributed by atoms with van der Waals surface area (Å²) in [5.74, 6) is 0.599. The summed E-state index contributed by atoms with van der Waals surface area (Å²) >= 11 is 1.38. The number of ether oxygens (including phenoxy) is 1. The van der Waals surface area contributed by atoms with Gasteiger partial charge < -0.3 is 9.84 Å². The number of hydrogen-bond donors (Lipinski definition) is 2. The average molecular weight is 389 g/mol. The molecule has 136 valence electrons. The molecule has 1 atom stereocenters. The first-order chi connectivity index (χ1) is 12.5. The zero-order valence-electron chi connectivity index (χ0n) is 14.1. The van der Waals surface area contributed by atoms with Gasteiger partial charge in [0.15, 0.2) is 0 Å². The van der Waals surface area contributed by atoms with E-state index in [0.29, 0.717) is 5.75 Å². The Balaban J connectivity index is 1.67. The summed E-state index contributed by atoms with van der Waals surface area (Å²) in [6.45, 7) is 0.167. The Morgan fingerprint density at radius 1 is 1.04 bits per heavy atom. The molecule has 5 nitrogen and oxygen atoms in total. The lowest BCUT2D eigenvalue weighted by molar-refractivity contribution is 0.224. The molecule has 0 radical (unpaired) electrons. The van der Waals surface area contributed by atoms with Gasteiger partial charge in [0.2, 0.25) is 10.0 Å². The smallest absolute Gasteiger partial charge is 0.240 e. The maximum absolute atomic E-state index is 12.4. The maximum atomic E-state index is 12.4. The van der Waals surface area contributed by atoms with Crippen LogP contribution in [-0.2, 0) is 16.6 Å². The topological polar surface area (TPSA) is 75.6 Å². The van der Waals surface area contributed by atoms with Crippen LogP contribution in [0.2, 0.25) is 0 Å². The quantitative estimate of drug-likeness (QED) is 0.650. The minimum atomic E-state index is -3.61. The van der Waals surface area contributed by atoms with Gasteiger partial charge >= 0.3 is 0 Å². The van der Waals surface area contributed by atoms with Gasteiger partial charge in [-0.15, -0.1) is 11.3 Å². The molecule has 3 aromatic rings. The van der Waals surface area contributed by atoms with Crippen LogP contribution in [0.1, 0.15) is 21.4 Å². The van der Waals surface area contributed by atoms with E-state index in [4.69, 9.17) is 4.74 Å². The molecule has 7 heteroatoms. The first-order valence-corrected chi connectivity index (χ1v) is 10.2. The van der Waals surface area contributed by atoms with Crippen molar-refractivity contribution in [3.8, 4) is 5.75 Å². The highest BCUT2D eigenvalue weighted by atomic mass is 32.2. The number of rotatable bonds is 7. The summed E-state index contributed by atoms with van der Waals surface area (Å²) in [6.07, 6.45) is -0.715. The predicted molar refractivity (Wildman–Crippen MR) is 102 cm³/mol. The van der Waals surface area contributed by atoms with Crippen LogP contribution in [0.5, 0.6) is 5.75 Å². The minimum absolute atomic E-state index is 0.167. The van der Waals surface area contributed by atoms with Crippen LogP contribution in [0.15, 0.2) is 71.6 Å². The van der Waals surface area contributed by atoms with Gasteiger partial charge in [-0.05, 0) is 42.0 Å². The Morgan fingerprint density at radius 3 is 2.38 bits per heavy atom. The van der Waals surface area contributed by atoms with E-state index in [1.54, 1.807) is 12.1 Å². The monoisotopic (exact) mass is 389 g/mol. The van der Waals surface area contributed by atoms with Gasteiger partial charge in [0.1, 0.15) is 11.9 Å². The van der Waals surface area contributed by atoms with Crippen molar-refractivity contribution in [2.75, 3.05) is 7.11 Å². The minimum Gasteiger partial charge on any atom is -0.497 e. The lowest BCUT2D eigenvalue weighted by Gasteiger charge is -2.08. The fourth-order valence-electron chi connectivity index (χ4n) is 2.44. The molecule has 1 heterocycles. The highest BCUT2D eigenvalue weighted by molar-refractivity contribution is 7.89. The second-order valence-corrected chi connectivity index (χ2v) is 8.58. The van der Waals surface area contributed by atoms with E-state index in [2.05, 4.69) is 4.72 Å². The number of nitrogens with one attached hydrogen (secondary N) is 1. The van der Waals surface area contributed by atoms with Crippen molar-refractivity contribution < 1.29 is 18.3 Å². The van der Waals surface area contributed by atoms with Gasteiger partial charge in [0.25, 0.3) is 0 Å². The van der Waals surface area contributed by atoms with E-state index in [0.717, 1.165) is 15.3 Å². The second kappa shape index (κ2) is 8.01. The Hall–Kier alpha value is -2.19. The van der Waals surface area contributed by atoms with Crippen LogP contribution in [0.4, 0.5) is 0 Å². The molecular weight excluding hydrogens is 370 g/mol. The standard InChI is InChI=1S/C19H19NO4S2/c1-24-15-7-10-17(11-8-15)26(22,23)20-13-16-9-12-18(25-16)19(21)14-5-3-2-4-6-14/h2-12,19-21H,13H2,1H3. The Bertz CT molecular complexity index is 951. The average Bonchev–Trinajstić information content (AvgIpc) is 3.16. The fraction of sp³-hybridized carbons (Fsp3) is 0.158. The summed E-state index contributed by atoms with van der Waals surface area (Å²) in [5, 5.41) is 10.4. The lowest BCUT2D eigenvalue weighted by atomic mass is 10.1. The van der Waals surface area contributed by atoms with Crippen molar-refractivity contribution in [2.24, 2.45) is 0 Å². The van der Waals surface area contributed by atoms with Crippen LogP contribution >= 0.6 is 11.3 Å². The van der Waals surface area contributed by atoms with E-state index in [1.807, 2.05) is 42.5 Å². The van der Waals surface area contributed by atoms with Crippen molar-refractivity contribution in [3.63, 3.8) is 0 Å². The lowest BCUT2D eigenvalue weighted by Crippen LogP contribution is -2.22. The molecule has 0 spiro atoms. The van der Waals surface area contributed by atoms with Gasteiger partial charge in [0, 0.05) is 16.3 Å². The van der Waals surface area contributed by atoms with Crippen molar-refractivity contribution in [3.05, 3.63) is 82.0 Å². The first kappa shape index (κ1) is 18.6. The van der Waals surface area contributed by atoms with Gasteiger partial charge in [0.05, 0.1) is 12.0 Å². The number of aliphatic hydroxyl groups is 1. The number of methoxy groups -OCH3 is 1. The van der Waals surface area contributed by atoms with Crippen molar-refractivity contribution in [1.29, 1.82) is 0 Å². The molecule has 2 N–H and O–H groups in total. The third kappa shape index (κ3) is 4.31. The van der Waals surface area contributed by atoms with Crippen LogP contribution in [0, 0.1) is 0 Å². The molecule has 0 fully saturated rings. The zero-order chi connectivity index (χ0) is 18.6. The third-order valence-corrected chi connectivity index (χ3v) is 6.43. The third-order valence-electron chi connectivity index (χ3n) is 3.87. The van der Waals surface area contributed by atoms with Gasteiger partial charge in [-0.2, -0.15) is 0 Å². The second-order valence-electron chi connectivity index (χ2n) is 5.62. The molecule has 26 heavy (non-hydrogen) atoms. The molecule has 0 aliphatic rings. The number of sulfonamides is 1. The molecular formula is C19H19NO4S2. The molecule has 3 rings (SSSR count). The van der Waals surface area contributed by atoms with E-state index in [1.165, 1.54) is 30.6 Å². The van der Waals surface area contributed by atoms with E-state index >= 15 is 0 Å². The van der Waals surface area contributed by atoms with Crippen molar-refractivity contribution >= 4 is 21.4 Å². The van der Waals surface area contributed by atoms with E-state index < -0.39 is 16.1 Å². The largest absolute Gasteiger partial charge is 0.497 e. The summed E-state index contributed by atoms with van der Waals surface area (Å²) in [7, 11) is -2.08. The van der Waals surface area contributed by atoms with Crippen LogP contribution in [0.25, 0.3) is 0 Å². The van der Waals surface area contributed by atoms with Crippen molar-refractivity contribution in [1.82, 2.24) is 4.72 Å². The summed E-state index contributed by atoms with van der Waals surface area (Å²) in [4.78, 5) is 1.78. The molecule has 0 saturated heterocycles. The van der Waals surface area contributed by atoms with E-state index in [-0.39, 0.29) is 11.4 Å². The van der Waals surface area contributed by atoms with Crippen LogP contribution < -0.4 is 9.46 Å². The van der Waals surface area contributed by atoms with E-state index in [9.17, 15) is 13.5 Å². The van der Waals surface area contributed by atoms with Gasteiger partial charge in [-0.25, -0.2) is 13.1 Å². The molecule has 0 saturated carbocycles. The summed E-state index contributed by atoms with van der Waals surface area (Å²) < 4.78 is 32.4. The summed E-state index contributed by atoms with van der Waals surface area (Å²) in [5.41, 5.74) is 0.805.